The van der Waals surface area contributed by atoms with Gasteiger partial charge in [0.15, 0.2) is 0 Å². The SMILES string of the molecule is CC(C)N(CC(=O)NCC(=O)N(C(C)C)C(C)C(=O)NCC(=O)N1CCCC1C(=O)NCC(=O)O)C(=O)CNC(=O)[C@H](CCC(N)=O)NC(=O)CNC(=O)C1CCCN1. The number of carboxylic acids is 1. The molecule has 0 saturated carbocycles. The van der Waals surface area contributed by atoms with E-state index in [9.17, 15) is 52.7 Å². The third-order valence-electron chi connectivity index (χ3n) is 9.58. The van der Waals surface area contributed by atoms with Crippen LogP contribution in [0, 0.1) is 0 Å². The number of aliphatic carboxylic acids is 1. The highest BCUT2D eigenvalue weighted by Crippen LogP contribution is 2.17. The van der Waals surface area contributed by atoms with Crippen molar-refractivity contribution in [1.82, 2.24) is 51.9 Å². The minimum atomic E-state index is -1.28. The Morgan fingerprint density at radius 3 is 1.97 bits per heavy atom. The fourth-order valence-corrected chi connectivity index (χ4v) is 6.53. The molecule has 0 aromatic heterocycles. The van der Waals surface area contributed by atoms with Gasteiger partial charge in [-0.3, -0.25) is 52.7 Å². The monoisotopic (exact) mass is 837 g/mol. The molecule has 10 N–H and O–H groups in total. The average Bonchev–Trinajstić information content (AvgIpc) is 3.90. The molecular weight excluding hydrogens is 778 g/mol. The van der Waals surface area contributed by atoms with Gasteiger partial charge >= 0.3 is 5.97 Å². The van der Waals surface area contributed by atoms with E-state index < -0.39 is 135 Å². The molecule has 2 saturated heterocycles. The van der Waals surface area contributed by atoms with Gasteiger partial charge in [-0.1, -0.05) is 0 Å². The van der Waals surface area contributed by atoms with E-state index in [-0.39, 0.29) is 25.3 Å². The highest BCUT2D eigenvalue weighted by atomic mass is 16.4. The molecule has 0 bridgehead atoms. The zero-order valence-corrected chi connectivity index (χ0v) is 34.2. The van der Waals surface area contributed by atoms with Crippen LogP contribution in [0.3, 0.4) is 0 Å². The third kappa shape index (κ3) is 16.5. The Hall–Kier alpha value is -5.87. The number of carbonyl (C=O) groups excluding carboxylic acids is 10. The summed E-state index contributed by atoms with van der Waals surface area (Å²) in [5.41, 5.74) is 5.23. The summed E-state index contributed by atoms with van der Waals surface area (Å²) in [6.45, 7) is 5.69. The van der Waals surface area contributed by atoms with E-state index in [0.717, 1.165) is 11.3 Å². The number of nitrogens with zero attached hydrogens (tertiary/aromatic N) is 3. The van der Waals surface area contributed by atoms with Crippen molar-refractivity contribution in [2.75, 3.05) is 52.4 Å². The number of amides is 10. The first kappa shape index (κ1) is 49.3. The Morgan fingerprint density at radius 1 is 0.729 bits per heavy atom. The number of carboxylic acid groups (broad SMARTS) is 1. The molecule has 0 aliphatic carbocycles. The second kappa shape index (κ2) is 24.1. The van der Waals surface area contributed by atoms with Crippen LogP contribution >= 0.6 is 0 Å². The average molecular weight is 838 g/mol. The lowest BCUT2D eigenvalue weighted by Crippen LogP contribution is -2.56. The molecule has 2 aliphatic rings. The summed E-state index contributed by atoms with van der Waals surface area (Å²) in [4.78, 5) is 141. The standard InChI is InChI=1S/C36H59N11O12/c1-20(2)46(30(52)16-42-35(58)24(10-11-26(37)48)44-27(49)14-40-34(57)23-8-6-12-38-23)19-28(50)39-17-31(53)47(21(3)4)22(5)33(56)41-15-29(51)45-13-7-9-25(45)36(59)43-18-32(54)55/h20-25,38H,6-19H2,1-5H3,(H2,37,48)(H,39,50)(H,40,57)(H,41,56)(H,42,58)(H,43,59)(H,44,49)(H,54,55)/t22?,23?,24-,25?/m0/s1. The van der Waals surface area contributed by atoms with Crippen LogP contribution in [-0.2, 0) is 52.7 Å². The zero-order valence-electron chi connectivity index (χ0n) is 34.2. The van der Waals surface area contributed by atoms with Crippen molar-refractivity contribution in [2.24, 2.45) is 5.73 Å². The smallest absolute Gasteiger partial charge is 0.322 e. The van der Waals surface area contributed by atoms with Crippen molar-refractivity contribution in [2.45, 2.75) is 109 Å². The first-order chi connectivity index (χ1) is 27.7. The van der Waals surface area contributed by atoms with E-state index in [1.807, 2.05) is 0 Å². The van der Waals surface area contributed by atoms with E-state index in [0.29, 0.717) is 25.8 Å². The van der Waals surface area contributed by atoms with Crippen LogP contribution in [0.5, 0.6) is 0 Å². The molecule has 0 radical (unpaired) electrons. The van der Waals surface area contributed by atoms with Gasteiger partial charge in [-0.05, 0) is 73.3 Å². The fourth-order valence-electron chi connectivity index (χ4n) is 6.53. The van der Waals surface area contributed by atoms with E-state index in [1.165, 1.54) is 16.7 Å². The van der Waals surface area contributed by atoms with Crippen LogP contribution < -0.4 is 43.0 Å². The van der Waals surface area contributed by atoms with Gasteiger partial charge in [-0.2, -0.15) is 0 Å². The van der Waals surface area contributed by atoms with Gasteiger partial charge < -0.3 is 62.8 Å². The Kier molecular flexibility index (Phi) is 20.2. The molecule has 2 rings (SSSR count). The number of nitrogens with two attached hydrogens (primary N) is 1. The summed E-state index contributed by atoms with van der Waals surface area (Å²) in [7, 11) is 0. The highest BCUT2D eigenvalue weighted by Gasteiger charge is 2.35. The van der Waals surface area contributed by atoms with Crippen LogP contribution in [0.25, 0.3) is 0 Å². The molecule has 0 spiro atoms. The van der Waals surface area contributed by atoms with Crippen LogP contribution in [0.15, 0.2) is 0 Å². The second-order valence-electron chi connectivity index (χ2n) is 14.7. The summed E-state index contributed by atoms with van der Waals surface area (Å²) in [5.74, 6) is -7.80. The van der Waals surface area contributed by atoms with E-state index in [1.54, 1.807) is 27.7 Å². The third-order valence-corrected chi connectivity index (χ3v) is 9.58. The minimum absolute atomic E-state index is 0.188. The fraction of sp³-hybridized carbons (Fsp3) is 0.694. The van der Waals surface area contributed by atoms with Crippen LogP contribution in [0.2, 0.25) is 0 Å². The van der Waals surface area contributed by atoms with Gasteiger partial charge in [0, 0.05) is 25.0 Å². The van der Waals surface area contributed by atoms with Gasteiger partial charge in [0.05, 0.1) is 38.8 Å². The maximum absolute atomic E-state index is 13.3. The summed E-state index contributed by atoms with van der Waals surface area (Å²) >= 11 is 0. The van der Waals surface area contributed by atoms with Gasteiger partial charge in [-0.15, -0.1) is 0 Å². The maximum Gasteiger partial charge on any atom is 0.322 e. The number of likely N-dealkylation sites (tertiary alicyclic amines) is 1. The highest BCUT2D eigenvalue weighted by molar-refractivity contribution is 5.96. The predicted octanol–water partition coefficient (Wildman–Crippen LogP) is -4.99. The van der Waals surface area contributed by atoms with Crippen molar-refractivity contribution in [3.8, 4) is 0 Å². The summed E-state index contributed by atoms with van der Waals surface area (Å²) in [5, 5.41) is 26.3. The van der Waals surface area contributed by atoms with Gasteiger partial charge in [0.25, 0.3) is 0 Å². The largest absolute Gasteiger partial charge is 0.480 e. The molecule has 2 aliphatic heterocycles. The van der Waals surface area contributed by atoms with Crippen molar-refractivity contribution in [3.63, 3.8) is 0 Å². The summed E-state index contributed by atoms with van der Waals surface area (Å²) < 4.78 is 0. The molecular formula is C36H59N11O12. The Balaban J connectivity index is 1.91. The molecule has 330 valence electrons. The van der Waals surface area contributed by atoms with Crippen LogP contribution in [0.1, 0.15) is 73.1 Å². The summed E-state index contributed by atoms with van der Waals surface area (Å²) in [6.07, 6.45) is 1.81. The molecule has 23 heteroatoms. The number of nitrogens with one attached hydrogen (secondary N) is 7. The number of primary amides is 1. The van der Waals surface area contributed by atoms with E-state index >= 15 is 0 Å². The van der Waals surface area contributed by atoms with E-state index in [4.69, 9.17) is 10.8 Å². The molecule has 2 fully saturated rings. The van der Waals surface area contributed by atoms with Crippen molar-refractivity contribution >= 4 is 65.0 Å². The van der Waals surface area contributed by atoms with Crippen LogP contribution in [0.4, 0.5) is 0 Å². The lowest BCUT2D eigenvalue weighted by atomic mass is 10.1. The molecule has 0 aromatic carbocycles. The lowest BCUT2D eigenvalue weighted by Gasteiger charge is -2.32. The Morgan fingerprint density at radius 2 is 1.37 bits per heavy atom. The molecule has 2 heterocycles. The van der Waals surface area contributed by atoms with Crippen LogP contribution in [-0.4, -0.2) is 173 Å². The van der Waals surface area contributed by atoms with Gasteiger partial charge in [-0.25, -0.2) is 0 Å². The maximum atomic E-state index is 13.3. The zero-order chi connectivity index (χ0) is 44.4. The normalized spacial score (nSPS) is 17.0. The number of carbonyl (C=O) groups is 11. The quantitative estimate of drug-likeness (QED) is 0.0466. The molecule has 10 amide bonds. The molecule has 4 atom stereocenters. The minimum Gasteiger partial charge on any atom is -0.480 e. The molecule has 0 aromatic rings. The first-order valence-corrected chi connectivity index (χ1v) is 19.5. The molecule has 59 heavy (non-hydrogen) atoms. The Labute approximate surface area is 342 Å². The van der Waals surface area contributed by atoms with Crippen molar-refractivity contribution < 1.29 is 57.8 Å². The number of hydrogen-bond donors (Lipinski definition) is 9. The lowest BCUT2D eigenvalue weighted by molar-refractivity contribution is -0.143. The topological polar surface area (TPSA) is 328 Å². The molecule has 3 unspecified atom stereocenters. The first-order valence-electron chi connectivity index (χ1n) is 19.5. The van der Waals surface area contributed by atoms with E-state index in [2.05, 4.69) is 37.2 Å². The number of hydrogen-bond acceptors (Lipinski definition) is 12. The summed E-state index contributed by atoms with van der Waals surface area (Å²) in [6, 6.07) is -4.75. The Bertz CT molecular complexity index is 1580. The molecule has 23 nitrogen and oxygen atoms in total. The predicted molar refractivity (Wildman–Crippen MR) is 207 cm³/mol. The van der Waals surface area contributed by atoms with Crippen molar-refractivity contribution in [3.05, 3.63) is 0 Å². The van der Waals surface area contributed by atoms with Gasteiger partial charge in [0.2, 0.25) is 59.1 Å². The van der Waals surface area contributed by atoms with Crippen molar-refractivity contribution in [1.29, 1.82) is 0 Å². The van der Waals surface area contributed by atoms with Gasteiger partial charge in [0.1, 0.15) is 24.7 Å². The number of rotatable bonds is 23. The second-order valence-corrected chi connectivity index (χ2v) is 14.7.